The highest BCUT2D eigenvalue weighted by atomic mass is 16.4. The topological polar surface area (TPSA) is 87.7 Å². The van der Waals surface area contributed by atoms with Gasteiger partial charge in [0.2, 0.25) is 0 Å². The van der Waals surface area contributed by atoms with Gasteiger partial charge < -0.3 is 16.3 Å². The summed E-state index contributed by atoms with van der Waals surface area (Å²) in [6, 6.07) is 14.6. The van der Waals surface area contributed by atoms with Crippen molar-refractivity contribution in [3.8, 4) is 0 Å². The van der Waals surface area contributed by atoms with E-state index in [1.807, 2.05) is 37.3 Å². The quantitative estimate of drug-likeness (QED) is 0.349. The predicted molar refractivity (Wildman–Crippen MR) is 82.7 cm³/mol. The van der Waals surface area contributed by atoms with Crippen molar-refractivity contribution >= 4 is 17.4 Å². The highest BCUT2D eigenvalue weighted by Crippen LogP contribution is 2.12. The summed E-state index contributed by atoms with van der Waals surface area (Å²) in [7, 11) is 0. The van der Waals surface area contributed by atoms with Crippen LogP contribution in [0, 0.1) is 6.92 Å². The highest BCUT2D eigenvalue weighted by molar-refractivity contribution is 6.04. The lowest BCUT2D eigenvalue weighted by Gasteiger charge is -2.07. The van der Waals surface area contributed by atoms with E-state index in [2.05, 4.69) is 10.5 Å². The van der Waals surface area contributed by atoms with E-state index in [1.54, 1.807) is 18.2 Å². The standard InChI is InChI=1S/C16H17N3O2/c1-11-3-2-4-13(9-11)16(20)18-14-7-5-12(6-8-14)10-15(17)19-21/h2-9,21H,10H2,1H3,(H2,17,19)(H,18,20). The van der Waals surface area contributed by atoms with Gasteiger partial charge in [0.25, 0.3) is 5.91 Å². The number of nitrogens with one attached hydrogen (secondary N) is 1. The number of anilines is 1. The largest absolute Gasteiger partial charge is 0.409 e. The molecule has 0 unspecified atom stereocenters. The molecule has 0 aromatic heterocycles. The van der Waals surface area contributed by atoms with Crippen molar-refractivity contribution in [3.63, 3.8) is 0 Å². The third-order valence-corrected chi connectivity index (χ3v) is 3.01. The number of nitrogens with two attached hydrogens (primary N) is 1. The molecule has 0 saturated carbocycles. The molecule has 0 saturated heterocycles. The lowest BCUT2D eigenvalue weighted by atomic mass is 10.1. The SMILES string of the molecule is Cc1cccc(C(=O)Nc2ccc(CC(N)=NO)cc2)c1. The van der Waals surface area contributed by atoms with Crippen LogP contribution in [0.5, 0.6) is 0 Å². The molecule has 4 N–H and O–H groups in total. The molecular weight excluding hydrogens is 266 g/mol. The van der Waals surface area contributed by atoms with Crippen molar-refractivity contribution in [2.75, 3.05) is 5.32 Å². The zero-order chi connectivity index (χ0) is 15.2. The fraction of sp³-hybridized carbons (Fsp3) is 0.125. The van der Waals surface area contributed by atoms with Crippen molar-refractivity contribution in [1.29, 1.82) is 0 Å². The first kappa shape index (κ1) is 14.6. The zero-order valence-electron chi connectivity index (χ0n) is 11.7. The van der Waals surface area contributed by atoms with Gasteiger partial charge in [-0.2, -0.15) is 0 Å². The zero-order valence-corrected chi connectivity index (χ0v) is 11.7. The Morgan fingerprint density at radius 2 is 1.95 bits per heavy atom. The van der Waals surface area contributed by atoms with Gasteiger partial charge in [-0.05, 0) is 36.8 Å². The molecule has 2 aromatic rings. The van der Waals surface area contributed by atoms with Crippen LogP contribution in [0.4, 0.5) is 5.69 Å². The average Bonchev–Trinajstić information content (AvgIpc) is 2.49. The molecule has 0 aliphatic carbocycles. The Morgan fingerprint density at radius 1 is 1.24 bits per heavy atom. The second-order valence-electron chi connectivity index (χ2n) is 4.79. The van der Waals surface area contributed by atoms with E-state index >= 15 is 0 Å². The van der Waals surface area contributed by atoms with Crippen LogP contribution in [0.25, 0.3) is 0 Å². The van der Waals surface area contributed by atoms with Crippen LogP contribution in [0.15, 0.2) is 53.7 Å². The number of rotatable bonds is 4. The van der Waals surface area contributed by atoms with Gasteiger partial charge in [0.05, 0.1) is 0 Å². The Balaban J connectivity index is 2.05. The van der Waals surface area contributed by atoms with Gasteiger partial charge in [-0.25, -0.2) is 0 Å². The summed E-state index contributed by atoms with van der Waals surface area (Å²) >= 11 is 0. The van der Waals surface area contributed by atoms with Gasteiger partial charge in [-0.15, -0.1) is 0 Å². The summed E-state index contributed by atoms with van der Waals surface area (Å²) in [6.07, 6.45) is 0.364. The van der Waals surface area contributed by atoms with Gasteiger partial charge in [-0.3, -0.25) is 4.79 Å². The average molecular weight is 283 g/mol. The van der Waals surface area contributed by atoms with E-state index in [4.69, 9.17) is 10.9 Å². The smallest absolute Gasteiger partial charge is 0.255 e. The molecule has 2 rings (SSSR count). The van der Waals surface area contributed by atoms with Crippen LogP contribution in [0.1, 0.15) is 21.5 Å². The number of carbonyl (C=O) groups is 1. The van der Waals surface area contributed by atoms with E-state index in [1.165, 1.54) is 0 Å². The van der Waals surface area contributed by atoms with E-state index in [9.17, 15) is 4.79 Å². The number of aryl methyl sites for hydroxylation is 1. The molecule has 21 heavy (non-hydrogen) atoms. The molecule has 5 heteroatoms. The first-order valence-corrected chi connectivity index (χ1v) is 6.52. The molecule has 0 aliphatic heterocycles. The van der Waals surface area contributed by atoms with Gasteiger partial charge in [0.15, 0.2) is 0 Å². The van der Waals surface area contributed by atoms with Crippen molar-refractivity contribution < 1.29 is 10.0 Å². The lowest BCUT2D eigenvalue weighted by molar-refractivity contribution is 0.102. The van der Waals surface area contributed by atoms with Crippen molar-refractivity contribution in [2.24, 2.45) is 10.9 Å². The number of amides is 1. The Hall–Kier alpha value is -2.82. The highest BCUT2D eigenvalue weighted by Gasteiger charge is 2.06. The Labute approximate surface area is 123 Å². The number of oxime groups is 1. The molecule has 0 atom stereocenters. The maximum Gasteiger partial charge on any atom is 0.255 e. The molecule has 0 radical (unpaired) electrons. The van der Waals surface area contributed by atoms with E-state index in [-0.39, 0.29) is 11.7 Å². The second kappa shape index (κ2) is 6.56. The first-order chi connectivity index (χ1) is 10.1. The molecule has 0 spiro atoms. The summed E-state index contributed by atoms with van der Waals surface area (Å²) in [5.41, 5.74) is 8.70. The Kier molecular flexibility index (Phi) is 4.56. The minimum absolute atomic E-state index is 0.145. The number of benzene rings is 2. The van der Waals surface area contributed by atoms with Crippen LogP contribution < -0.4 is 11.1 Å². The van der Waals surface area contributed by atoms with E-state index < -0.39 is 0 Å². The monoisotopic (exact) mass is 283 g/mol. The number of amidine groups is 1. The Bertz CT molecular complexity index is 663. The number of hydrogen-bond acceptors (Lipinski definition) is 3. The maximum atomic E-state index is 12.1. The number of hydrogen-bond donors (Lipinski definition) is 3. The summed E-state index contributed by atoms with van der Waals surface area (Å²) in [5.74, 6) is -0.00516. The fourth-order valence-electron chi connectivity index (χ4n) is 1.94. The summed E-state index contributed by atoms with van der Waals surface area (Å²) in [5, 5.41) is 14.3. The van der Waals surface area contributed by atoms with Crippen LogP contribution in [-0.2, 0) is 6.42 Å². The summed E-state index contributed by atoms with van der Waals surface area (Å²) < 4.78 is 0. The molecule has 0 aliphatic rings. The fourth-order valence-corrected chi connectivity index (χ4v) is 1.94. The molecule has 108 valence electrons. The van der Waals surface area contributed by atoms with Crippen LogP contribution in [0.3, 0.4) is 0 Å². The first-order valence-electron chi connectivity index (χ1n) is 6.52. The number of nitrogens with zero attached hydrogens (tertiary/aromatic N) is 1. The number of carbonyl (C=O) groups excluding carboxylic acids is 1. The minimum Gasteiger partial charge on any atom is -0.409 e. The lowest BCUT2D eigenvalue weighted by Crippen LogP contribution is -2.15. The summed E-state index contributed by atoms with van der Waals surface area (Å²) in [4.78, 5) is 12.1. The van der Waals surface area contributed by atoms with Crippen LogP contribution in [-0.4, -0.2) is 17.0 Å². The van der Waals surface area contributed by atoms with Gasteiger partial charge in [0, 0.05) is 17.7 Å². The van der Waals surface area contributed by atoms with Crippen LogP contribution >= 0.6 is 0 Å². The maximum absolute atomic E-state index is 12.1. The van der Waals surface area contributed by atoms with Gasteiger partial charge in [-0.1, -0.05) is 35.0 Å². The van der Waals surface area contributed by atoms with E-state index in [0.717, 1.165) is 11.1 Å². The predicted octanol–water partition coefficient (Wildman–Crippen LogP) is 2.54. The third-order valence-electron chi connectivity index (χ3n) is 3.01. The van der Waals surface area contributed by atoms with E-state index in [0.29, 0.717) is 17.7 Å². The summed E-state index contributed by atoms with van der Waals surface area (Å²) in [6.45, 7) is 1.94. The molecule has 1 amide bonds. The minimum atomic E-state index is -0.150. The van der Waals surface area contributed by atoms with Gasteiger partial charge >= 0.3 is 0 Å². The molecule has 0 heterocycles. The van der Waals surface area contributed by atoms with Crippen molar-refractivity contribution in [3.05, 3.63) is 65.2 Å². The normalized spacial score (nSPS) is 11.2. The Morgan fingerprint density at radius 3 is 2.57 bits per heavy atom. The molecule has 0 bridgehead atoms. The van der Waals surface area contributed by atoms with Gasteiger partial charge in [0.1, 0.15) is 5.84 Å². The molecule has 5 nitrogen and oxygen atoms in total. The molecule has 0 fully saturated rings. The van der Waals surface area contributed by atoms with Crippen molar-refractivity contribution in [2.45, 2.75) is 13.3 Å². The second-order valence-corrected chi connectivity index (χ2v) is 4.79. The van der Waals surface area contributed by atoms with Crippen molar-refractivity contribution in [1.82, 2.24) is 0 Å². The third kappa shape index (κ3) is 4.07. The van der Waals surface area contributed by atoms with Crippen LogP contribution in [0.2, 0.25) is 0 Å². The molecule has 2 aromatic carbocycles. The molecular formula is C16H17N3O2.